The Balaban J connectivity index is 1.69. The van der Waals surface area contributed by atoms with Crippen LogP contribution in [0.1, 0.15) is 58.8 Å². The van der Waals surface area contributed by atoms with Crippen LogP contribution in [0, 0.1) is 26.7 Å². The molecule has 4 aromatic rings. The number of imidazole rings is 1. The van der Waals surface area contributed by atoms with Crippen molar-refractivity contribution in [2.45, 2.75) is 47.1 Å². The Kier molecular flexibility index (Phi) is 6.16. The molecular weight excluding hydrogens is 436 g/mol. The van der Waals surface area contributed by atoms with Gasteiger partial charge in [0.25, 0.3) is 11.5 Å². The fraction of sp³-hybridized carbons (Fsp3) is 0.375. The van der Waals surface area contributed by atoms with Crippen LogP contribution >= 0.6 is 11.3 Å². The van der Waals surface area contributed by atoms with Crippen LogP contribution in [-0.2, 0) is 7.05 Å². The molecule has 0 spiro atoms. The number of fused-ring (bicyclic) bond motifs is 1. The van der Waals surface area contributed by atoms with Gasteiger partial charge in [-0.15, -0.1) is 11.3 Å². The molecule has 0 aliphatic carbocycles. The highest BCUT2D eigenvalue weighted by Crippen LogP contribution is 2.30. The van der Waals surface area contributed by atoms with Crippen molar-refractivity contribution >= 4 is 28.3 Å². The highest BCUT2D eigenvalue weighted by Gasteiger charge is 2.27. The molecule has 3 heterocycles. The molecule has 0 bridgehead atoms. The van der Waals surface area contributed by atoms with Crippen molar-refractivity contribution in [3.63, 3.8) is 0 Å². The molecule has 172 valence electrons. The molecular formula is C24H28N6O2S. The minimum Gasteiger partial charge on any atom is -0.341 e. The summed E-state index contributed by atoms with van der Waals surface area (Å²) in [6, 6.07) is 7.54. The van der Waals surface area contributed by atoms with E-state index < -0.39 is 0 Å². The third kappa shape index (κ3) is 4.20. The van der Waals surface area contributed by atoms with Gasteiger partial charge in [0.15, 0.2) is 0 Å². The molecule has 4 rings (SSSR count). The van der Waals surface area contributed by atoms with Crippen molar-refractivity contribution in [3.05, 3.63) is 62.3 Å². The van der Waals surface area contributed by atoms with Gasteiger partial charge in [-0.05, 0) is 44.4 Å². The number of hydrogen-bond donors (Lipinski definition) is 2. The third-order valence-electron chi connectivity index (χ3n) is 6.14. The van der Waals surface area contributed by atoms with Gasteiger partial charge in [0.1, 0.15) is 15.7 Å². The Labute approximate surface area is 196 Å². The highest BCUT2D eigenvalue weighted by molar-refractivity contribution is 7.17. The number of nitrogens with zero attached hydrogens (tertiary/aromatic N) is 4. The molecule has 33 heavy (non-hydrogen) atoms. The molecule has 0 radical (unpaired) electrons. The number of rotatable bonds is 6. The maximum atomic E-state index is 13.4. The maximum absolute atomic E-state index is 13.4. The van der Waals surface area contributed by atoms with E-state index in [4.69, 9.17) is 4.98 Å². The lowest BCUT2D eigenvalue weighted by molar-refractivity contribution is 0.0923. The summed E-state index contributed by atoms with van der Waals surface area (Å²) < 4.78 is 1.31. The van der Waals surface area contributed by atoms with Crippen molar-refractivity contribution in [1.29, 1.82) is 0 Å². The molecule has 3 aromatic heterocycles. The second kappa shape index (κ2) is 8.90. The Morgan fingerprint density at radius 1 is 1.18 bits per heavy atom. The lowest BCUT2D eigenvalue weighted by atomic mass is 9.98. The molecule has 0 fully saturated rings. The van der Waals surface area contributed by atoms with Crippen LogP contribution in [0.4, 0.5) is 0 Å². The number of para-hydroxylation sites is 2. The van der Waals surface area contributed by atoms with Crippen molar-refractivity contribution < 1.29 is 4.79 Å². The number of nitrogens with one attached hydrogen (secondary N) is 2. The van der Waals surface area contributed by atoms with Crippen LogP contribution in [0.5, 0.6) is 0 Å². The number of aromatic nitrogens is 5. The first-order valence-corrected chi connectivity index (χ1v) is 11.8. The summed E-state index contributed by atoms with van der Waals surface area (Å²) in [6.45, 7) is 9.69. The van der Waals surface area contributed by atoms with Crippen molar-refractivity contribution in [2.75, 3.05) is 0 Å². The van der Waals surface area contributed by atoms with Crippen LogP contribution in [0.3, 0.4) is 0 Å². The lowest BCUT2D eigenvalue weighted by Gasteiger charge is -2.22. The average molecular weight is 465 g/mol. The van der Waals surface area contributed by atoms with Gasteiger partial charge in [-0.3, -0.25) is 9.59 Å². The molecule has 0 saturated heterocycles. The van der Waals surface area contributed by atoms with Gasteiger partial charge < -0.3 is 10.3 Å². The normalized spacial score (nSPS) is 13.3. The molecule has 0 aliphatic heterocycles. The summed E-state index contributed by atoms with van der Waals surface area (Å²) in [7, 11) is 1.62. The fourth-order valence-electron chi connectivity index (χ4n) is 3.86. The van der Waals surface area contributed by atoms with E-state index in [1.165, 1.54) is 16.0 Å². The molecule has 0 saturated carbocycles. The largest absolute Gasteiger partial charge is 0.341 e. The Hall–Kier alpha value is -3.33. The lowest BCUT2D eigenvalue weighted by Crippen LogP contribution is -2.33. The molecule has 1 aromatic carbocycles. The quantitative estimate of drug-likeness (QED) is 0.444. The number of aryl methyl sites for hydroxylation is 3. The van der Waals surface area contributed by atoms with Gasteiger partial charge in [0.05, 0.1) is 34.0 Å². The van der Waals surface area contributed by atoms with Crippen molar-refractivity contribution in [1.82, 2.24) is 30.0 Å². The Morgan fingerprint density at radius 3 is 2.61 bits per heavy atom. The average Bonchev–Trinajstić information content (AvgIpc) is 3.39. The van der Waals surface area contributed by atoms with E-state index in [0.29, 0.717) is 21.1 Å². The number of carbonyl (C=O) groups excluding carboxylic acids is 1. The summed E-state index contributed by atoms with van der Waals surface area (Å²) in [5.74, 6) is 0.678. The highest BCUT2D eigenvalue weighted by atomic mass is 32.1. The zero-order valence-corrected chi connectivity index (χ0v) is 20.5. The number of hydrogen-bond acceptors (Lipinski definition) is 6. The van der Waals surface area contributed by atoms with Crippen LogP contribution in [0.2, 0.25) is 0 Å². The Morgan fingerprint density at radius 2 is 1.91 bits per heavy atom. The van der Waals surface area contributed by atoms with Gasteiger partial charge in [0, 0.05) is 7.05 Å². The first-order chi connectivity index (χ1) is 15.7. The van der Waals surface area contributed by atoms with E-state index >= 15 is 0 Å². The molecule has 8 nitrogen and oxygen atoms in total. The van der Waals surface area contributed by atoms with E-state index in [2.05, 4.69) is 34.2 Å². The standard InChI is InChI=1S/C24H28N6O2S/c1-7-12(2)19(21-26-16-10-8-9-11-17(16)27-21)28-22(31)20-15(5)25-23(33-20)18-13(3)14(4)29-30(6)24(18)32/h8-12,19H,7H2,1-6H3,(H,26,27)(H,28,31). The summed E-state index contributed by atoms with van der Waals surface area (Å²) in [5.41, 5.74) is 4.20. The number of H-pyrrole nitrogens is 1. The van der Waals surface area contributed by atoms with Gasteiger partial charge >= 0.3 is 0 Å². The fourth-order valence-corrected chi connectivity index (χ4v) is 4.92. The third-order valence-corrected chi connectivity index (χ3v) is 7.32. The first-order valence-electron chi connectivity index (χ1n) is 11.0. The number of thiazole rings is 1. The maximum Gasteiger partial charge on any atom is 0.277 e. The minimum absolute atomic E-state index is 0.166. The second-order valence-electron chi connectivity index (χ2n) is 8.42. The molecule has 0 aliphatic rings. The first kappa shape index (κ1) is 22.8. The molecule has 2 N–H and O–H groups in total. The van der Waals surface area contributed by atoms with Crippen LogP contribution < -0.4 is 10.9 Å². The predicted octanol–water partition coefficient (Wildman–Crippen LogP) is 4.22. The molecule has 2 atom stereocenters. The van der Waals surface area contributed by atoms with Crippen LogP contribution in [0.25, 0.3) is 21.6 Å². The zero-order valence-electron chi connectivity index (χ0n) is 19.7. The summed E-state index contributed by atoms with van der Waals surface area (Å²) >= 11 is 1.23. The minimum atomic E-state index is -0.280. The van der Waals surface area contributed by atoms with E-state index in [1.54, 1.807) is 14.0 Å². The van der Waals surface area contributed by atoms with Gasteiger partial charge in [-0.1, -0.05) is 32.4 Å². The van der Waals surface area contributed by atoms with E-state index in [1.807, 2.05) is 38.1 Å². The van der Waals surface area contributed by atoms with Crippen molar-refractivity contribution in [3.8, 4) is 10.6 Å². The second-order valence-corrected chi connectivity index (χ2v) is 9.42. The summed E-state index contributed by atoms with van der Waals surface area (Å²) in [4.78, 5) is 39.3. The molecule has 1 amide bonds. The SMILES string of the molecule is CCC(C)C(NC(=O)c1sc(-c2c(C)c(C)nn(C)c2=O)nc1C)c1nc2ccccc2[nH]1. The summed E-state index contributed by atoms with van der Waals surface area (Å²) in [5, 5.41) is 7.93. The topological polar surface area (TPSA) is 106 Å². The number of benzene rings is 1. The number of aromatic amines is 1. The van der Waals surface area contributed by atoms with E-state index in [9.17, 15) is 9.59 Å². The van der Waals surface area contributed by atoms with E-state index in [0.717, 1.165) is 34.5 Å². The predicted molar refractivity (Wildman–Crippen MR) is 131 cm³/mol. The van der Waals surface area contributed by atoms with Crippen molar-refractivity contribution in [2.24, 2.45) is 13.0 Å². The monoisotopic (exact) mass is 464 g/mol. The number of carbonyl (C=O) groups is 1. The molecule has 2 unspecified atom stereocenters. The Bertz CT molecular complexity index is 1370. The number of amides is 1. The smallest absolute Gasteiger partial charge is 0.277 e. The molecule has 9 heteroatoms. The van der Waals surface area contributed by atoms with Crippen LogP contribution in [0.15, 0.2) is 29.1 Å². The van der Waals surface area contributed by atoms with Gasteiger partial charge in [0.2, 0.25) is 0 Å². The van der Waals surface area contributed by atoms with E-state index in [-0.39, 0.29) is 23.4 Å². The van der Waals surface area contributed by atoms with Crippen LogP contribution in [-0.4, -0.2) is 30.6 Å². The van der Waals surface area contributed by atoms with Gasteiger partial charge in [-0.25, -0.2) is 14.6 Å². The zero-order chi connectivity index (χ0) is 23.9. The van der Waals surface area contributed by atoms with Gasteiger partial charge in [-0.2, -0.15) is 5.10 Å². The summed E-state index contributed by atoms with van der Waals surface area (Å²) in [6.07, 6.45) is 0.875.